The maximum absolute atomic E-state index is 6.01. The second-order valence-electron chi connectivity index (χ2n) is 7.42. The van der Waals surface area contributed by atoms with Gasteiger partial charge in [0.1, 0.15) is 0 Å². The van der Waals surface area contributed by atoms with Gasteiger partial charge in [-0.3, -0.25) is 9.88 Å². The molecule has 0 unspecified atom stereocenters. The SMILES string of the molecule is Cc1ccsc1-c1nnc(C2CCN(Cc3ccc4ccccc4n3)CC2)o1. The zero-order valence-corrected chi connectivity index (χ0v) is 16.7. The molecule has 142 valence electrons. The van der Waals surface area contributed by atoms with E-state index in [9.17, 15) is 0 Å². The first kappa shape index (κ1) is 17.5. The van der Waals surface area contributed by atoms with Crippen molar-refractivity contribution < 1.29 is 4.42 Å². The number of aromatic nitrogens is 3. The van der Waals surface area contributed by atoms with Crippen LogP contribution in [-0.4, -0.2) is 33.2 Å². The topological polar surface area (TPSA) is 55.1 Å². The van der Waals surface area contributed by atoms with E-state index in [2.05, 4.69) is 63.8 Å². The smallest absolute Gasteiger partial charge is 0.258 e. The number of rotatable bonds is 4. The second kappa shape index (κ2) is 7.45. The summed E-state index contributed by atoms with van der Waals surface area (Å²) < 4.78 is 6.01. The molecule has 1 aromatic carbocycles. The molecule has 1 fully saturated rings. The number of benzene rings is 1. The molecule has 5 rings (SSSR count). The summed E-state index contributed by atoms with van der Waals surface area (Å²) in [5, 5.41) is 11.9. The molecular formula is C22H22N4OS. The van der Waals surface area contributed by atoms with Gasteiger partial charge in [0.25, 0.3) is 5.89 Å². The Labute approximate surface area is 168 Å². The number of hydrogen-bond donors (Lipinski definition) is 0. The summed E-state index contributed by atoms with van der Waals surface area (Å²) in [5.41, 5.74) is 3.39. The summed E-state index contributed by atoms with van der Waals surface area (Å²) in [5.74, 6) is 1.79. The maximum Gasteiger partial charge on any atom is 0.258 e. The third-order valence-electron chi connectivity index (χ3n) is 5.48. The molecule has 4 heterocycles. The summed E-state index contributed by atoms with van der Waals surface area (Å²) in [6, 6.07) is 14.7. The first-order valence-corrected chi connectivity index (χ1v) is 10.6. The van der Waals surface area contributed by atoms with Gasteiger partial charge in [-0.15, -0.1) is 21.5 Å². The minimum absolute atomic E-state index is 0.349. The molecule has 5 nitrogen and oxygen atoms in total. The fourth-order valence-electron chi connectivity index (χ4n) is 3.85. The predicted octanol–water partition coefficient (Wildman–Crippen LogP) is 5.03. The molecule has 3 aromatic heterocycles. The van der Waals surface area contributed by atoms with Crippen molar-refractivity contribution in [1.82, 2.24) is 20.1 Å². The Kier molecular flexibility index (Phi) is 4.66. The molecule has 0 amide bonds. The van der Waals surface area contributed by atoms with E-state index in [1.807, 2.05) is 6.07 Å². The minimum Gasteiger partial charge on any atom is -0.420 e. The molecule has 0 bridgehead atoms. The van der Waals surface area contributed by atoms with Gasteiger partial charge in [-0.25, -0.2) is 0 Å². The monoisotopic (exact) mass is 390 g/mol. The maximum atomic E-state index is 6.01. The van der Waals surface area contributed by atoms with Crippen LogP contribution in [0, 0.1) is 6.92 Å². The Morgan fingerprint density at radius 1 is 1.07 bits per heavy atom. The number of para-hydroxylation sites is 1. The van der Waals surface area contributed by atoms with E-state index in [4.69, 9.17) is 9.40 Å². The third kappa shape index (κ3) is 3.45. The van der Waals surface area contributed by atoms with E-state index in [0.29, 0.717) is 11.8 Å². The van der Waals surface area contributed by atoms with Crippen molar-refractivity contribution in [2.24, 2.45) is 0 Å². The predicted molar refractivity (Wildman–Crippen MR) is 111 cm³/mol. The van der Waals surface area contributed by atoms with Gasteiger partial charge in [0.2, 0.25) is 5.89 Å². The summed E-state index contributed by atoms with van der Waals surface area (Å²) in [6.45, 7) is 5.01. The summed E-state index contributed by atoms with van der Waals surface area (Å²) >= 11 is 1.65. The van der Waals surface area contributed by atoms with E-state index in [1.54, 1.807) is 11.3 Å². The Morgan fingerprint density at radius 2 is 1.93 bits per heavy atom. The highest BCUT2D eigenvalue weighted by Gasteiger charge is 2.26. The van der Waals surface area contributed by atoms with Crippen molar-refractivity contribution in [2.45, 2.75) is 32.2 Å². The number of likely N-dealkylation sites (tertiary alicyclic amines) is 1. The fraction of sp³-hybridized carbons (Fsp3) is 0.318. The Bertz CT molecular complexity index is 1090. The van der Waals surface area contributed by atoms with Gasteiger partial charge in [0.15, 0.2) is 0 Å². The quantitative estimate of drug-likeness (QED) is 0.489. The molecule has 1 aliphatic heterocycles. The van der Waals surface area contributed by atoms with Crippen LogP contribution in [0.1, 0.15) is 35.9 Å². The number of fused-ring (bicyclic) bond motifs is 1. The lowest BCUT2D eigenvalue weighted by Crippen LogP contribution is -2.32. The third-order valence-corrected chi connectivity index (χ3v) is 6.48. The van der Waals surface area contributed by atoms with E-state index >= 15 is 0 Å². The molecular weight excluding hydrogens is 368 g/mol. The standard InChI is InChI=1S/C22H22N4OS/c1-15-10-13-28-20(15)22-25-24-21(27-22)17-8-11-26(12-9-17)14-18-7-6-16-4-2-3-5-19(16)23-18/h2-7,10,13,17H,8-9,11-12,14H2,1H3. The van der Waals surface area contributed by atoms with Crippen molar-refractivity contribution in [3.63, 3.8) is 0 Å². The van der Waals surface area contributed by atoms with Gasteiger partial charge in [0, 0.05) is 17.8 Å². The number of piperidine rings is 1. The first-order valence-electron chi connectivity index (χ1n) is 9.71. The summed E-state index contributed by atoms with van der Waals surface area (Å²) in [7, 11) is 0. The number of nitrogens with zero attached hydrogens (tertiary/aromatic N) is 4. The van der Waals surface area contributed by atoms with Gasteiger partial charge in [-0.1, -0.05) is 24.3 Å². The van der Waals surface area contributed by atoms with E-state index in [1.165, 1.54) is 10.9 Å². The Morgan fingerprint density at radius 3 is 2.75 bits per heavy atom. The van der Waals surface area contributed by atoms with E-state index in [-0.39, 0.29) is 0 Å². The highest BCUT2D eigenvalue weighted by molar-refractivity contribution is 7.13. The largest absolute Gasteiger partial charge is 0.420 e. The van der Waals surface area contributed by atoms with Crippen molar-refractivity contribution >= 4 is 22.2 Å². The number of thiophene rings is 1. The normalized spacial score (nSPS) is 16.0. The van der Waals surface area contributed by atoms with E-state index < -0.39 is 0 Å². The van der Waals surface area contributed by atoms with Crippen LogP contribution in [0.2, 0.25) is 0 Å². The zero-order valence-electron chi connectivity index (χ0n) is 15.8. The van der Waals surface area contributed by atoms with Crippen molar-refractivity contribution in [3.05, 3.63) is 65.0 Å². The molecule has 0 N–H and O–H groups in total. The molecule has 0 atom stereocenters. The van der Waals surface area contributed by atoms with E-state index in [0.717, 1.165) is 54.5 Å². The molecule has 0 aliphatic carbocycles. The fourth-order valence-corrected chi connectivity index (χ4v) is 4.69. The van der Waals surface area contributed by atoms with Gasteiger partial charge in [0.05, 0.1) is 16.1 Å². The minimum atomic E-state index is 0.349. The van der Waals surface area contributed by atoms with Crippen molar-refractivity contribution in [3.8, 4) is 10.8 Å². The molecule has 28 heavy (non-hydrogen) atoms. The zero-order chi connectivity index (χ0) is 18.9. The number of aryl methyl sites for hydroxylation is 1. The highest BCUT2D eigenvalue weighted by Crippen LogP contribution is 2.32. The summed E-state index contributed by atoms with van der Waals surface area (Å²) in [6.07, 6.45) is 2.08. The van der Waals surface area contributed by atoms with Gasteiger partial charge in [-0.05, 0) is 62.0 Å². The van der Waals surface area contributed by atoms with Crippen LogP contribution in [0.4, 0.5) is 0 Å². The summed E-state index contributed by atoms with van der Waals surface area (Å²) in [4.78, 5) is 8.35. The van der Waals surface area contributed by atoms with Gasteiger partial charge >= 0.3 is 0 Å². The molecule has 0 saturated carbocycles. The first-order chi connectivity index (χ1) is 13.8. The van der Waals surface area contributed by atoms with Crippen molar-refractivity contribution in [2.75, 3.05) is 13.1 Å². The lowest BCUT2D eigenvalue weighted by atomic mass is 9.96. The number of hydrogen-bond acceptors (Lipinski definition) is 6. The lowest BCUT2D eigenvalue weighted by molar-refractivity contribution is 0.191. The van der Waals surface area contributed by atoms with Crippen LogP contribution in [0.25, 0.3) is 21.7 Å². The lowest BCUT2D eigenvalue weighted by Gasteiger charge is -2.30. The van der Waals surface area contributed by atoms with Crippen LogP contribution in [0.3, 0.4) is 0 Å². The van der Waals surface area contributed by atoms with Crippen LogP contribution < -0.4 is 0 Å². The molecule has 0 spiro atoms. The second-order valence-corrected chi connectivity index (χ2v) is 8.34. The number of pyridine rings is 1. The molecule has 1 saturated heterocycles. The van der Waals surface area contributed by atoms with Crippen LogP contribution in [0.5, 0.6) is 0 Å². The average Bonchev–Trinajstić information content (AvgIpc) is 3.37. The molecule has 1 aliphatic rings. The molecule has 6 heteroatoms. The highest BCUT2D eigenvalue weighted by atomic mass is 32.1. The van der Waals surface area contributed by atoms with Gasteiger partial charge in [-0.2, -0.15) is 0 Å². The molecule has 0 radical (unpaired) electrons. The van der Waals surface area contributed by atoms with Crippen LogP contribution >= 0.6 is 11.3 Å². The molecule has 4 aromatic rings. The van der Waals surface area contributed by atoms with Crippen LogP contribution in [-0.2, 0) is 6.54 Å². The van der Waals surface area contributed by atoms with Crippen LogP contribution in [0.15, 0.2) is 52.3 Å². The average molecular weight is 391 g/mol. The van der Waals surface area contributed by atoms with Crippen molar-refractivity contribution in [1.29, 1.82) is 0 Å². The Balaban J connectivity index is 1.22. The van der Waals surface area contributed by atoms with Gasteiger partial charge < -0.3 is 4.42 Å². The Hall–Kier alpha value is -2.57.